The lowest BCUT2D eigenvalue weighted by Gasteiger charge is -2.34. The number of primary amides is 1. The maximum Gasteiger partial charge on any atom is 0.303 e. The minimum absolute atomic E-state index is 0.0156. The van der Waals surface area contributed by atoms with Crippen molar-refractivity contribution in [1.82, 2.24) is 68.5 Å². The third-order valence-electron chi connectivity index (χ3n) is 19.8. The number of fused-ring (bicyclic) bond motifs is 3. The largest absolute Gasteiger partial charge is 0.508 e. The number of carbonyl (C=O) groups is 13. The summed E-state index contributed by atoms with van der Waals surface area (Å²) in [6.07, 6.45) is 3.06. The molecular formula is C80H111N15O17S2. The summed E-state index contributed by atoms with van der Waals surface area (Å²) < 4.78 is 0. The molecule has 20 N–H and O–H groups in total. The number of thioether (sulfide) groups is 2. The third kappa shape index (κ3) is 28.3. The van der Waals surface area contributed by atoms with Crippen LogP contribution in [-0.2, 0) is 93.1 Å². The number of aliphatic hydroxyl groups excluding tert-OH is 1. The summed E-state index contributed by atoms with van der Waals surface area (Å²) in [4.78, 5) is 195. The molecule has 1 fully saturated rings. The van der Waals surface area contributed by atoms with E-state index in [1.54, 1.807) is 46.0 Å². The predicted octanol–water partition coefficient (Wildman–Crippen LogP) is 2.60. The summed E-state index contributed by atoms with van der Waals surface area (Å²) >= 11 is 2.77. The lowest BCUT2D eigenvalue weighted by atomic mass is 9.83. The molecule has 2 aromatic heterocycles. The summed E-state index contributed by atoms with van der Waals surface area (Å²) in [7, 11) is 0. The lowest BCUT2D eigenvalue weighted by molar-refractivity contribution is -0.139. The Morgan fingerprint density at radius 1 is 0.605 bits per heavy atom. The van der Waals surface area contributed by atoms with E-state index in [4.69, 9.17) is 11.5 Å². The van der Waals surface area contributed by atoms with Crippen LogP contribution in [0.1, 0.15) is 160 Å². The number of aromatic hydroxyl groups is 2. The third-order valence-corrected chi connectivity index (χ3v) is 22.0. The minimum Gasteiger partial charge on any atom is -0.508 e. The van der Waals surface area contributed by atoms with E-state index in [1.807, 2.05) is 24.3 Å². The van der Waals surface area contributed by atoms with E-state index in [9.17, 15) is 73.2 Å². The molecule has 1 saturated carbocycles. The minimum atomic E-state index is -1.86. The lowest BCUT2D eigenvalue weighted by Crippen LogP contribution is -2.64. The summed E-state index contributed by atoms with van der Waals surface area (Å²) in [5, 5.41) is 72.2. The van der Waals surface area contributed by atoms with Gasteiger partial charge in [-0.3, -0.25) is 62.3 Å². The molecule has 5 aromatic rings. The molecule has 1 aliphatic carbocycles. The van der Waals surface area contributed by atoms with Gasteiger partial charge in [-0.2, -0.15) is 23.5 Å². The van der Waals surface area contributed by atoms with Gasteiger partial charge in [-0.25, -0.2) is 4.98 Å². The molecule has 620 valence electrons. The van der Waals surface area contributed by atoms with E-state index in [-0.39, 0.29) is 75.2 Å². The van der Waals surface area contributed by atoms with E-state index in [0.717, 1.165) is 17.5 Å². The first kappa shape index (κ1) is 90.9. The quantitative estimate of drug-likeness (QED) is 0.0561. The van der Waals surface area contributed by atoms with Gasteiger partial charge in [0.15, 0.2) is 0 Å². The Morgan fingerprint density at radius 2 is 1.13 bits per heavy atom. The van der Waals surface area contributed by atoms with Crippen molar-refractivity contribution >= 4 is 111 Å². The smallest absolute Gasteiger partial charge is 0.303 e. The second-order valence-corrected chi connectivity index (χ2v) is 32.8. The fourth-order valence-electron chi connectivity index (χ4n) is 13.3. The maximum absolute atomic E-state index is 15.1. The van der Waals surface area contributed by atoms with Gasteiger partial charge >= 0.3 is 5.97 Å². The molecule has 2 aliphatic rings. The number of nitrogens with zero attached hydrogens (tertiary/aromatic N) is 1. The highest BCUT2D eigenvalue weighted by atomic mass is 32.2. The fraction of sp³-hybridized carbons (Fsp3) is 0.525. The Hall–Kier alpha value is -10.3. The molecule has 0 unspecified atom stereocenters. The van der Waals surface area contributed by atoms with Crippen molar-refractivity contribution in [2.24, 2.45) is 22.8 Å². The molecule has 34 heteroatoms. The molecule has 3 heterocycles. The van der Waals surface area contributed by atoms with Gasteiger partial charge in [-0.1, -0.05) is 102 Å². The number of hydrogen-bond donors (Lipinski definition) is 18. The second kappa shape index (κ2) is 43.8. The summed E-state index contributed by atoms with van der Waals surface area (Å²) in [5.74, 6) is -11.4. The number of aromatic amines is 1. The van der Waals surface area contributed by atoms with Crippen LogP contribution in [0.25, 0.3) is 11.0 Å². The van der Waals surface area contributed by atoms with Crippen LogP contribution < -0.4 is 70.0 Å². The highest BCUT2D eigenvalue weighted by molar-refractivity contribution is 7.98. The zero-order valence-corrected chi connectivity index (χ0v) is 67.2. The van der Waals surface area contributed by atoms with Crippen LogP contribution in [0.3, 0.4) is 0 Å². The van der Waals surface area contributed by atoms with E-state index < -0.39 is 173 Å². The molecule has 0 radical (unpaired) electrons. The highest BCUT2D eigenvalue weighted by Gasteiger charge is 2.42. The number of aromatic nitrogens is 2. The van der Waals surface area contributed by atoms with Crippen LogP contribution in [0.15, 0.2) is 97.3 Å². The van der Waals surface area contributed by atoms with Crippen LogP contribution in [0, 0.1) is 11.3 Å². The Labute approximate surface area is 671 Å². The van der Waals surface area contributed by atoms with Gasteiger partial charge in [0.05, 0.1) is 6.10 Å². The van der Waals surface area contributed by atoms with E-state index in [1.165, 1.54) is 99.0 Å². The number of carboxylic acids is 1. The van der Waals surface area contributed by atoms with Gasteiger partial charge in [0.1, 0.15) is 83.1 Å². The number of amides is 12. The molecule has 2 bridgehead atoms. The van der Waals surface area contributed by atoms with E-state index >= 15 is 9.59 Å². The number of carbonyl (C=O) groups excluding carboxylic acids is 12. The number of unbranched alkanes of at least 4 members (excludes halogenated alkanes) is 1. The van der Waals surface area contributed by atoms with Gasteiger partial charge in [-0.15, -0.1) is 0 Å². The van der Waals surface area contributed by atoms with Crippen molar-refractivity contribution in [1.29, 1.82) is 0 Å². The monoisotopic (exact) mass is 1620 g/mol. The summed E-state index contributed by atoms with van der Waals surface area (Å²) in [6.45, 7) is 11.1. The Kier molecular flexibility index (Phi) is 34.9. The predicted molar refractivity (Wildman–Crippen MR) is 430 cm³/mol. The number of hydrogen-bond acceptors (Lipinski definition) is 20. The maximum atomic E-state index is 15.1. The number of carboxylic acid groups (broad SMARTS) is 1. The van der Waals surface area contributed by atoms with Crippen molar-refractivity contribution in [2.75, 3.05) is 18.1 Å². The van der Waals surface area contributed by atoms with Crippen LogP contribution in [0.2, 0.25) is 0 Å². The number of aliphatic carboxylic acids is 1. The molecular weight excluding hydrogens is 1510 g/mol. The first-order valence-electron chi connectivity index (χ1n) is 38.6. The highest BCUT2D eigenvalue weighted by Crippen LogP contribution is 2.29. The Morgan fingerprint density at radius 3 is 1.69 bits per heavy atom. The average Bonchev–Trinajstić information content (AvgIpc) is 1.75. The van der Waals surface area contributed by atoms with Gasteiger partial charge < -0.3 is 95.4 Å². The van der Waals surface area contributed by atoms with Crippen LogP contribution in [0.5, 0.6) is 11.5 Å². The molecule has 11 atom stereocenters. The molecule has 1 aliphatic heterocycles. The first-order chi connectivity index (χ1) is 54.1. The Bertz CT molecular complexity index is 4150. The molecule has 0 spiro atoms. The molecule has 3 aromatic carbocycles. The zero-order chi connectivity index (χ0) is 83.4. The molecule has 0 saturated heterocycles. The van der Waals surface area contributed by atoms with Crippen molar-refractivity contribution < 1.29 is 82.8 Å². The van der Waals surface area contributed by atoms with E-state index in [0.29, 0.717) is 77.1 Å². The van der Waals surface area contributed by atoms with Crippen LogP contribution >= 0.6 is 23.5 Å². The number of benzene rings is 3. The number of phenolic OH excluding ortho intramolecular Hbond substituents is 2. The molecule has 12 amide bonds. The normalized spacial score (nSPS) is 23.9. The van der Waals surface area contributed by atoms with E-state index in [2.05, 4.69) is 68.5 Å². The van der Waals surface area contributed by atoms with Gasteiger partial charge in [-0.05, 0) is 148 Å². The number of rotatable bonds is 18. The number of H-pyrrole nitrogens is 1. The van der Waals surface area contributed by atoms with Gasteiger partial charge in [0, 0.05) is 72.9 Å². The van der Waals surface area contributed by atoms with Crippen molar-refractivity contribution in [3.8, 4) is 11.5 Å². The van der Waals surface area contributed by atoms with Gasteiger partial charge in [0.25, 0.3) is 0 Å². The number of aliphatic hydroxyl groups is 1. The standard InChI is InChI=1S/C80H111N15O17S2/c1-8-16-55-69(103)87-57(31-32-63(100)101)70(104)88-59(39-47-25-29-53(98)30-26-47)74(108)94-65(50-19-10-9-11-20-50)76(110)95-80(6,7)78(112)91-61(67(82)102)44-114-43-49-18-14-17-48(37-49)42-113-36-33-62(99)92-66(79(3,4)5)77(111)90-58(38-46-23-27-52(97)28-24-46)72(106)86-56(22-12-13-34-81)71(105)93-64(45(2)96)75(109)89-60(73(107)85-55)40-51-41-84-68-54(51)21-15-35-83-68/h14-15,17-18,21,23-30,35,37,41,45,50,55-61,64-66,96-98H,8-13,16,19-20,22,31-34,36,38-40,42-44,81H2,1-7H3,(H2,82,102)(H,83,84)(H,85,107)(H,86,106)(H,87,103)(H,88,104)(H,89,109)(H,90,111)(H,91,112)(H,92,99)(H,93,105)(H,94,108)(H,95,110)(H,100,101)/t45-,55+,56+,57+,58+,59+,60+,61+,64+,65+,66-/m1/s1. The molecule has 114 heavy (non-hydrogen) atoms. The van der Waals surface area contributed by atoms with Gasteiger partial charge in [0.2, 0.25) is 70.9 Å². The Balaban J connectivity index is 1.25. The number of phenols is 2. The van der Waals surface area contributed by atoms with Crippen molar-refractivity contribution in [3.63, 3.8) is 0 Å². The molecule has 7 rings (SSSR count). The SMILES string of the molecule is CCC[C@@H]1NC(=O)[C@H](Cc2c[nH]c3ncccc23)NC(=O)[C@H]([C@@H](C)O)NC(=O)[C@H](CCCCN)NC(=O)[C@H](Cc2ccc(O)cc2)NC(=O)[C@H](C(C)(C)C)NC(=O)CCSCc2cccc(c2)CSC[C@@H](C(N)=O)NC(=O)C(C)(C)NC(=O)[C@H](C2CCCCC2)NC(=O)[C@H](Cc2ccc(O)cc2)NC(=O)[C@H](CCC(=O)O)NC1=O. The fourth-order valence-corrected chi connectivity index (χ4v) is 15.3. The first-order valence-corrected chi connectivity index (χ1v) is 40.9. The second-order valence-electron chi connectivity index (χ2n) is 30.7. The summed E-state index contributed by atoms with van der Waals surface area (Å²) in [6, 6.07) is 7.43. The average molecular weight is 1620 g/mol. The summed E-state index contributed by atoms with van der Waals surface area (Å²) in [5.41, 5.74) is 12.6. The zero-order valence-electron chi connectivity index (χ0n) is 65.5. The number of pyridine rings is 1. The van der Waals surface area contributed by atoms with Crippen molar-refractivity contribution in [3.05, 3.63) is 125 Å². The van der Waals surface area contributed by atoms with Crippen LogP contribution in [-0.4, -0.2) is 197 Å². The van der Waals surface area contributed by atoms with Crippen LogP contribution in [0.4, 0.5) is 0 Å². The number of nitrogens with two attached hydrogens (primary N) is 2. The van der Waals surface area contributed by atoms with Crippen molar-refractivity contribution in [2.45, 2.75) is 235 Å². The number of nitrogens with one attached hydrogen (secondary N) is 12. The molecule has 32 nitrogen and oxygen atoms in total. The topological polar surface area (TPSA) is 516 Å².